The molecule has 0 unspecified atom stereocenters. The molecule has 2 aromatic rings. The maximum absolute atomic E-state index is 12.1. The van der Waals surface area contributed by atoms with E-state index >= 15 is 0 Å². The molecule has 1 aromatic heterocycles. The second kappa shape index (κ2) is 10.3. The number of benzene rings is 1. The molecule has 0 aliphatic heterocycles. The van der Waals surface area contributed by atoms with E-state index in [1.165, 1.54) is 0 Å². The van der Waals surface area contributed by atoms with Crippen LogP contribution in [0.15, 0.2) is 41.8 Å². The summed E-state index contributed by atoms with van der Waals surface area (Å²) in [4.78, 5) is 13.3. The Balaban J connectivity index is 0.00000264. The van der Waals surface area contributed by atoms with E-state index in [0.29, 0.717) is 24.5 Å². The lowest BCUT2D eigenvalue weighted by Gasteiger charge is -2.13. The number of ether oxygens (including phenoxy) is 1. The lowest BCUT2D eigenvalue weighted by Crippen LogP contribution is -2.38. The van der Waals surface area contributed by atoms with Crippen molar-refractivity contribution in [2.24, 2.45) is 0 Å². The number of nitrogens with one attached hydrogen (secondary N) is 2. The van der Waals surface area contributed by atoms with Gasteiger partial charge < -0.3 is 15.4 Å². The van der Waals surface area contributed by atoms with Gasteiger partial charge in [-0.1, -0.05) is 19.1 Å². The highest BCUT2D eigenvalue weighted by Gasteiger charge is 2.08. The molecule has 2 rings (SSSR count). The number of likely N-dealkylation sites (N-methyl/N-ethyl adjacent to an activating group) is 1. The number of rotatable bonds is 8. The highest BCUT2D eigenvalue weighted by Crippen LogP contribution is 2.17. The molecule has 0 aliphatic carbocycles. The van der Waals surface area contributed by atoms with Gasteiger partial charge in [-0.15, -0.1) is 23.7 Å². The van der Waals surface area contributed by atoms with Crippen molar-refractivity contribution in [1.29, 1.82) is 0 Å². The van der Waals surface area contributed by atoms with Crippen molar-refractivity contribution in [2.45, 2.75) is 26.5 Å². The summed E-state index contributed by atoms with van der Waals surface area (Å²) in [5.41, 5.74) is 0.618. The molecule has 1 atom stereocenters. The van der Waals surface area contributed by atoms with Crippen molar-refractivity contribution in [1.82, 2.24) is 10.6 Å². The van der Waals surface area contributed by atoms with Crippen LogP contribution in [0.3, 0.4) is 0 Å². The first-order valence-corrected chi connectivity index (χ1v) is 8.34. The fraction of sp³-hybridized carbons (Fsp3) is 0.353. The van der Waals surface area contributed by atoms with Gasteiger partial charge in [0.25, 0.3) is 5.91 Å². The first-order valence-electron chi connectivity index (χ1n) is 7.46. The average molecular weight is 355 g/mol. The number of amides is 1. The summed E-state index contributed by atoms with van der Waals surface area (Å²) >= 11 is 1.66. The molecule has 6 heteroatoms. The molecule has 23 heavy (non-hydrogen) atoms. The van der Waals surface area contributed by atoms with Gasteiger partial charge in [0.1, 0.15) is 12.4 Å². The van der Waals surface area contributed by atoms with Gasteiger partial charge in [0.15, 0.2) is 0 Å². The highest BCUT2D eigenvalue weighted by molar-refractivity contribution is 7.09. The number of halogens is 1. The standard InChI is InChI=1S/C17H22N2O2S.ClH/c1-3-18-13(2)11-19-17(20)14-6-4-7-15(10-14)21-12-16-8-5-9-22-16;/h4-10,13,18H,3,11-12H2,1-2H3,(H,19,20);1H/t13-;/m1./s1. The lowest BCUT2D eigenvalue weighted by molar-refractivity contribution is 0.0949. The summed E-state index contributed by atoms with van der Waals surface area (Å²) in [7, 11) is 0. The van der Waals surface area contributed by atoms with Gasteiger partial charge in [-0.2, -0.15) is 0 Å². The van der Waals surface area contributed by atoms with Crippen LogP contribution in [0.25, 0.3) is 0 Å². The fourth-order valence-electron chi connectivity index (χ4n) is 2.04. The van der Waals surface area contributed by atoms with Crippen molar-refractivity contribution in [3.05, 3.63) is 52.2 Å². The number of hydrogen-bond acceptors (Lipinski definition) is 4. The Morgan fingerprint density at radius 3 is 2.83 bits per heavy atom. The van der Waals surface area contributed by atoms with Gasteiger partial charge in [0.2, 0.25) is 0 Å². The summed E-state index contributed by atoms with van der Waals surface area (Å²) in [6.45, 7) is 6.12. The van der Waals surface area contributed by atoms with E-state index < -0.39 is 0 Å². The molecule has 0 fully saturated rings. The van der Waals surface area contributed by atoms with E-state index in [9.17, 15) is 4.79 Å². The minimum atomic E-state index is -0.0775. The minimum absolute atomic E-state index is 0. The van der Waals surface area contributed by atoms with Crippen LogP contribution in [-0.2, 0) is 6.61 Å². The summed E-state index contributed by atoms with van der Waals surface area (Å²) < 4.78 is 5.72. The Hall–Kier alpha value is -1.56. The van der Waals surface area contributed by atoms with E-state index in [2.05, 4.69) is 10.6 Å². The quantitative estimate of drug-likeness (QED) is 0.763. The van der Waals surface area contributed by atoms with Crippen molar-refractivity contribution in [2.75, 3.05) is 13.1 Å². The second-order valence-corrected chi connectivity index (χ2v) is 6.10. The van der Waals surface area contributed by atoms with Crippen LogP contribution in [0.2, 0.25) is 0 Å². The number of hydrogen-bond donors (Lipinski definition) is 2. The molecule has 1 aromatic carbocycles. The van der Waals surface area contributed by atoms with Crippen LogP contribution in [0.1, 0.15) is 29.1 Å². The number of thiophene rings is 1. The third-order valence-corrected chi connectivity index (χ3v) is 4.03. The molecule has 0 spiro atoms. The monoisotopic (exact) mass is 354 g/mol. The van der Waals surface area contributed by atoms with Crippen molar-refractivity contribution < 1.29 is 9.53 Å². The van der Waals surface area contributed by atoms with E-state index in [1.807, 2.05) is 43.5 Å². The van der Waals surface area contributed by atoms with Crippen LogP contribution in [-0.4, -0.2) is 25.0 Å². The molecule has 0 bridgehead atoms. The van der Waals surface area contributed by atoms with Gasteiger partial charge >= 0.3 is 0 Å². The molecular weight excluding hydrogens is 332 g/mol. The van der Waals surface area contributed by atoms with Crippen LogP contribution in [0, 0.1) is 0 Å². The first kappa shape index (κ1) is 19.5. The Morgan fingerprint density at radius 1 is 1.30 bits per heavy atom. The Morgan fingerprint density at radius 2 is 2.13 bits per heavy atom. The van der Waals surface area contributed by atoms with Gasteiger partial charge in [0, 0.05) is 23.0 Å². The smallest absolute Gasteiger partial charge is 0.251 e. The zero-order valence-corrected chi connectivity index (χ0v) is 15.0. The van der Waals surface area contributed by atoms with Crippen LogP contribution in [0.4, 0.5) is 0 Å². The Bertz CT molecular complexity index is 590. The molecule has 1 amide bonds. The molecule has 126 valence electrons. The molecule has 0 radical (unpaired) electrons. The summed E-state index contributed by atoms with van der Waals surface area (Å²) in [5, 5.41) is 8.21. The number of carbonyl (C=O) groups is 1. The predicted octanol–water partition coefficient (Wildman–Crippen LogP) is 3.48. The van der Waals surface area contributed by atoms with E-state index in [-0.39, 0.29) is 24.4 Å². The van der Waals surface area contributed by atoms with Gasteiger partial charge in [0.05, 0.1) is 0 Å². The average Bonchev–Trinajstić information content (AvgIpc) is 3.04. The molecule has 0 aliphatic rings. The van der Waals surface area contributed by atoms with Crippen LogP contribution in [0.5, 0.6) is 5.75 Å². The predicted molar refractivity (Wildman–Crippen MR) is 97.8 cm³/mol. The van der Waals surface area contributed by atoms with Crippen molar-refractivity contribution in [3.63, 3.8) is 0 Å². The summed E-state index contributed by atoms with van der Waals surface area (Å²) in [5.74, 6) is 0.632. The van der Waals surface area contributed by atoms with Gasteiger partial charge in [-0.25, -0.2) is 0 Å². The summed E-state index contributed by atoms with van der Waals surface area (Å²) in [6, 6.07) is 11.6. The van der Waals surface area contributed by atoms with E-state index in [0.717, 1.165) is 11.4 Å². The Kier molecular flexibility index (Phi) is 8.69. The highest BCUT2D eigenvalue weighted by atomic mass is 35.5. The topological polar surface area (TPSA) is 50.4 Å². The molecule has 2 N–H and O–H groups in total. The van der Waals surface area contributed by atoms with Crippen LogP contribution < -0.4 is 15.4 Å². The van der Waals surface area contributed by atoms with E-state index in [4.69, 9.17) is 4.74 Å². The maximum atomic E-state index is 12.1. The minimum Gasteiger partial charge on any atom is -0.488 e. The molecule has 0 saturated heterocycles. The fourth-order valence-corrected chi connectivity index (χ4v) is 2.66. The molecule has 1 heterocycles. The van der Waals surface area contributed by atoms with Crippen molar-refractivity contribution in [3.8, 4) is 5.75 Å². The third-order valence-electron chi connectivity index (χ3n) is 3.18. The van der Waals surface area contributed by atoms with Crippen molar-refractivity contribution >= 4 is 29.7 Å². The van der Waals surface area contributed by atoms with Crippen LogP contribution >= 0.6 is 23.7 Å². The molecular formula is C17H23ClN2O2S. The van der Waals surface area contributed by atoms with Gasteiger partial charge in [-0.3, -0.25) is 4.79 Å². The first-order chi connectivity index (χ1) is 10.7. The SMILES string of the molecule is CCN[C@H](C)CNC(=O)c1cccc(OCc2cccs2)c1.Cl. The molecule has 4 nitrogen and oxygen atoms in total. The van der Waals surface area contributed by atoms with Gasteiger partial charge in [-0.05, 0) is 43.1 Å². The second-order valence-electron chi connectivity index (χ2n) is 5.06. The zero-order chi connectivity index (χ0) is 15.8. The lowest BCUT2D eigenvalue weighted by atomic mass is 10.2. The van der Waals surface area contributed by atoms with E-state index in [1.54, 1.807) is 23.5 Å². The molecule has 0 saturated carbocycles. The summed E-state index contributed by atoms with van der Waals surface area (Å²) in [6.07, 6.45) is 0. The zero-order valence-electron chi connectivity index (χ0n) is 13.4. The maximum Gasteiger partial charge on any atom is 0.251 e. The number of carbonyl (C=O) groups excluding carboxylic acids is 1. The Labute approximate surface area is 147 Å². The normalized spacial score (nSPS) is 11.4. The largest absolute Gasteiger partial charge is 0.488 e. The third kappa shape index (κ3) is 6.60.